The zero-order valence-corrected chi connectivity index (χ0v) is 18.3. The van der Waals surface area contributed by atoms with Gasteiger partial charge in [-0.1, -0.05) is 30.7 Å². The fourth-order valence-corrected chi connectivity index (χ4v) is 4.88. The lowest BCUT2D eigenvalue weighted by molar-refractivity contribution is 0.119. The molecule has 0 radical (unpaired) electrons. The van der Waals surface area contributed by atoms with Crippen molar-refractivity contribution in [3.63, 3.8) is 0 Å². The van der Waals surface area contributed by atoms with Crippen molar-refractivity contribution in [3.05, 3.63) is 66.2 Å². The molecule has 1 unspecified atom stereocenters. The van der Waals surface area contributed by atoms with Crippen LogP contribution in [-0.2, 0) is 0 Å². The second kappa shape index (κ2) is 10.7. The first-order valence-electron chi connectivity index (χ1n) is 10.2. The first-order chi connectivity index (χ1) is 14.8. The fraction of sp³-hybridized carbons (Fsp3) is 0.364. The molecule has 1 saturated heterocycles. The Morgan fingerprint density at radius 3 is 2.63 bits per heavy atom. The van der Waals surface area contributed by atoms with Gasteiger partial charge < -0.3 is 9.46 Å². The molecule has 1 fully saturated rings. The Morgan fingerprint density at radius 1 is 1.10 bits per heavy atom. The van der Waals surface area contributed by atoms with Gasteiger partial charge in [0.15, 0.2) is 0 Å². The van der Waals surface area contributed by atoms with Crippen LogP contribution in [0.3, 0.4) is 0 Å². The van der Waals surface area contributed by atoms with E-state index in [1.165, 1.54) is 61.6 Å². The van der Waals surface area contributed by atoms with Crippen molar-refractivity contribution in [2.24, 2.45) is 0 Å². The summed E-state index contributed by atoms with van der Waals surface area (Å²) in [7, 11) is 0. The van der Waals surface area contributed by atoms with E-state index in [1.807, 2.05) is 0 Å². The van der Waals surface area contributed by atoms with Gasteiger partial charge in [-0.25, -0.2) is 9.37 Å². The van der Waals surface area contributed by atoms with Crippen LogP contribution in [0.4, 0.5) is 9.52 Å². The standard InChI is InChI=1S/C16H20N4OS2.C6H5F/c1-2-7-20(8-3-1)14-6-9-21-15-10-12(4-5-13(14)15)22-19-16-17-11-18-23-16;7-6-4-2-1-3-5-6/h4-5,10-11,14H,1-3,6-9H2,(H,17,18,19);1-5H. The average molecular weight is 445 g/mol. The topological polar surface area (TPSA) is 50.3 Å². The van der Waals surface area contributed by atoms with E-state index in [9.17, 15) is 4.39 Å². The highest BCUT2D eigenvalue weighted by molar-refractivity contribution is 8.00. The van der Waals surface area contributed by atoms with E-state index in [1.54, 1.807) is 36.5 Å². The van der Waals surface area contributed by atoms with E-state index in [4.69, 9.17) is 4.74 Å². The van der Waals surface area contributed by atoms with Crippen LogP contribution in [0.25, 0.3) is 0 Å². The van der Waals surface area contributed by atoms with Crippen molar-refractivity contribution in [1.82, 2.24) is 14.3 Å². The average Bonchev–Trinajstić information content (AvgIpc) is 3.32. The fourth-order valence-electron chi connectivity index (χ4n) is 3.76. The minimum absolute atomic E-state index is 0.178. The van der Waals surface area contributed by atoms with Crippen LogP contribution in [-0.4, -0.2) is 34.0 Å². The van der Waals surface area contributed by atoms with E-state index in [0.717, 1.165) is 28.8 Å². The Hall–Kier alpha value is -2.16. The van der Waals surface area contributed by atoms with Crippen LogP contribution in [0.15, 0.2) is 59.8 Å². The highest BCUT2D eigenvalue weighted by Gasteiger charge is 2.28. The van der Waals surface area contributed by atoms with Gasteiger partial charge in [-0.15, -0.1) is 0 Å². The van der Waals surface area contributed by atoms with Crippen LogP contribution >= 0.6 is 23.5 Å². The van der Waals surface area contributed by atoms with Crippen LogP contribution in [0.5, 0.6) is 5.75 Å². The molecule has 8 heteroatoms. The Labute approximate surface area is 185 Å². The molecule has 3 aromatic rings. The highest BCUT2D eigenvalue weighted by Crippen LogP contribution is 2.39. The number of rotatable bonds is 4. The van der Waals surface area contributed by atoms with Crippen molar-refractivity contribution in [2.75, 3.05) is 24.4 Å². The molecule has 158 valence electrons. The summed E-state index contributed by atoms with van der Waals surface area (Å²) in [4.78, 5) is 7.90. The van der Waals surface area contributed by atoms with Crippen molar-refractivity contribution < 1.29 is 9.13 Å². The lowest BCUT2D eigenvalue weighted by Crippen LogP contribution is -2.36. The third-order valence-electron chi connectivity index (χ3n) is 5.17. The molecule has 5 rings (SSSR count). The van der Waals surface area contributed by atoms with Gasteiger partial charge in [0, 0.05) is 34.5 Å². The number of fused-ring (bicyclic) bond motifs is 1. The predicted octanol–water partition coefficient (Wildman–Crippen LogP) is 5.79. The Kier molecular flexibility index (Phi) is 7.55. The van der Waals surface area contributed by atoms with Crippen molar-refractivity contribution in [1.29, 1.82) is 0 Å². The van der Waals surface area contributed by atoms with Crippen LogP contribution in [0.1, 0.15) is 37.3 Å². The summed E-state index contributed by atoms with van der Waals surface area (Å²) >= 11 is 2.91. The van der Waals surface area contributed by atoms with Gasteiger partial charge in [0.25, 0.3) is 0 Å². The van der Waals surface area contributed by atoms with Gasteiger partial charge in [0.1, 0.15) is 17.9 Å². The van der Waals surface area contributed by atoms with Gasteiger partial charge in [0.2, 0.25) is 5.13 Å². The number of ether oxygens (including phenoxy) is 1. The molecular weight excluding hydrogens is 419 g/mol. The second-order valence-corrected chi connectivity index (χ2v) is 8.86. The van der Waals surface area contributed by atoms with Gasteiger partial charge in [-0.2, -0.15) is 4.37 Å². The summed E-state index contributed by atoms with van der Waals surface area (Å²) in [6.07, 6.45) is 6.69. The lowest BCUT2D eigenvalue weighted by Gasteiger charge is -2.38. The molecule has 1 aromatic heterocycles. The van der Waals surface area contributed by atoms with Crippen molar-refractivity contribution in [2.45, 2.75) is 36.6 Å². The summed E-state index contributed by atoms with van der Waals surface area (Å²) in [5, 5.41) is 0.819. The van der Waals surface area contributed by atoms with Gasteiger partial charge in [-0.3, -0.25) is 4.90 Å². The molecule has 0 bridgehead atoms. The quantitative estimate of drug-likeness (QED) is 0.514. The maximum absolute atomic E-state index is 11.9. The highest BCUT2D eigenvalue weighted by atomic mass is 32.2. The molecule has 1 N–H and O–H groups in total. The largest absolute Gasteiger partial charge is 0.493 e. The van der Waals surface area contributed by atoms with Crippen molar-refractivity contribution >= 4 is 28.6 Å². The number of aromatic nitrogens is 2. The van der Waals surface area contributed by atoms with Gasteiger partial charge >= 0.3 is 0 Å². The number of likely N-dealkylation sites (tertiary alicyclic amines) is 1. The number of hydrogen-bond donors (Lipinski definition) is 1. The molecule has 2 aliphatic rings. The molecule has 5 nitrogen and oxygen atoms in total. The van der Waals surface area contributed by atoms with E-state index in [-0.39, 0.29) is 5.82 Å². The van der Waals surface area contributed by atoms with E-state index < -0.39 is 0 Å². The molecule has 0 saturated carbocycles. The summed E-state index contributed by atoms with van der Waals surface area (Å²) < 4.78 is 25.0. The Balaban J connectivity index is 0.000000265. The second-order valence-electron chi connectivity index (χ2n) is 7.20. The van der Waals surface area contributed by atoms with Crippen LogP contribution in [0, 0.1) is 5.82 Å². The smallest absolute Gasteiger partial charge is 0.212 e. The zero-order chi connectivity index (χ0) is 20.6. The number of nitrogens with one attached hydrogen (secondary N) is 1. The number of piperidine rings is 1. The summed E-state index contributed by atoms with van der Waals surface area (Å²) in [5.41, 5.74) is 1.35. The molecule has 0 amide bonds. The molecule has 0 aliphatic carbocycles. The maximum Gasteiger partial charge on any atom is 0.212 e. The van der Waals surface area contributed by atoms with E-state index in [2.05, 4.69) is 37.2 Å². The normalized spacial score (nSPS) is 18.5. The monoisotopic (exact) mass is 444 g/mol. The van der Waals surface area contributed by atoms with Gasteiger partial charge in [-0.05, 0) is 62.1 Å². The minimum Gasteiger partial charge on any atom is -0.493 e. The van der Waals surface area contributed by atoms with Crippen LogP contribution in [0.2, 0.25) is 0 Å². The Bertz CT molecular complexity index is 905. The van der Waals surface area contributed by atoms with Gasteiger partial charge in [0.05, 0.1) is 6.61 Å². The van der Waals surface area contributed by atoms with Crippen molar-refractivity contribution in [3.8, 4) is 5.75 Å². The third-order valence-corrected chi connectivity index (χ3v) is 6.67. The minimum atomic E-state index is -0.178. The Morgan fingerprint density at radius 2 is 1.93 bits per heavy atom. The number of halogens is 1. The number of anilines is 1. The number of hydrogen-bond acceptors (Lipinski definition) is 7. The van der Waals surface area contributed by atoms with Crippen LogP contribution < -0.4 is 9.46 Å². The summed E-state index contributed by atoms with van der Waals surface area (Å²) in [5.74, 6) is 0.860. The lowest BCUT2D eigenvalue weighted by atomic mass is 9.97. The predicted molar refractivity (Wildman–Crippen MR) is 121 cm³/mol. The van der Waals surface area contributed by atoms with E-state index in [0.29, 0.717) is 6.04 Å². The molecule has 0 spiro atoms. The third kappa shape index (κ3) is 5.71. The molecule has 1 atom stereocenters. The SMILES string of the molecule is Fc1ccccc1.c1nsc(NSc2ccc3c(c2)OCCC3N2CCCCC2)n1. The summed E-state index contributed by atoms with van der Waals surface area (Å²) in [6.45, 7) is 3.25. The first kappa shape index (κ1) is 21.1. The van der Waals surface area contributed by atoms with E-state index >= 15 is 0 Å². The molecule has 3 heterocycles. The zero-order valence-electron chi connectivity index (χ0n) is 16.7. The molecule has 2 aliphatic heterocycles. The summed E-state index contributed by atoms with van der Waals surface area (Å²) in [6, 6.07) is 15.0. The number of benzene rings is 2. The number of nitrogens with zero attached hydrogens (tertiary/aromatic N) is 3. The maximum atomic E-state index is 11.9. The molecule has 30 heavy (non-hydrogen) atoms. The molecular formula is C22H25FN4OS2. The first-order valence-corrected chi connectivity index (χ1v) is 11.8. The molecule has 2 aromatic carbocycles.